The van der Waals surface area contributed by atoms with Gasteiger partial charge in [-0.15, -0.1) is 10.2 Å². The summed E-state index contributed by atoms with van der Waals surface area (Å²) in [4.78, 5) is 10.1. The second-order valence-electron chi connectivity index (χ2n) is 4.70. The Labute approximate surface area is 129 Å². The molecule has 0 aliphatic heterocycles. The average Bonchev–Trinajstić information content (AvgIpc) is 3.05. The predicted octanol–water partition coefficient (Wildman–Crippen LogP) is 2.87. The average molecular weight is 315 g/mol. The summed E-state index contributed by atoms with van der Waals surface area (Å²) in [5.41, 5.74) is 0.810. The first-order chi connectivity index (χ1) is 11.0. The molecule has 0 saturated carbocycles. The third-order valence-electron chi connectivity index (χ3n) is 3.19. The van der Waals surface area contributed by atoms with Crippen molar-refractivity contribution < 1.29 is 18.8 Å². The van der Waals surface area contributed by atoms with Gasteiger partial charge in [-0.05, 0) is 42.0 Å². The number of nitrogens with zero attached hydrogens (tertiary/aromatic N) is 3. The van der Waals surface area contributed by atoms with Crippen molar-refractivity contribution in [1.82, 2.24) is 10.2 Å². The van der Waals surface area contributed by atoms with Gasteiger partial charge in [-0.25, -0.2) is 4.39 Å². The van der Waals surface area contributed by atoms with Crippen LogP contribution in [0.25, 0.3) is 11.5 Å². The van der Waals surface area contributed by atoms with Gasteiger partial charge in [-0.2, -0.15) is 0 Å². The van der Waals surface area contributed by atoms with Crippen molar-refractivity contribution in [2.24, 2.45) is 0 Å². The van der Waals surface area contributed by atoms with Crippen LogP contribution < -0.4 is 0 Å². The zero-order valence-corrected chi connectivity index (χ0v) is 11.6. The summed E-state index contributed by atoms with van der Waals surface area (Å²) >= 11 is 0. The molecule has 0 bridgehead atoms. The van der Waals surface area contributed by atoms with E-state index in [2.05, 4.69) is 10.2 Å². The summed E-state index contributed by atoms with van der Waals surface area (Å²) in [6, 6.07) is 10.8. The van der Waals surface area contributed by atoms with Gasteiger partial charge in [0.2, 0.25) is 11.8 Å². The van der Waals surface area contributed by atoms with Crippen LogP contribution in [-0.2, 0) is 0 Å². The van der Waals surface area contributed by atoms with Crippen molar-refractivity contribution in [3.63, 3.8) is 0 Å². The Bertz CT molecular complexity index is 831. The summed E-state index contributed by atoms with van der Waals surface area (Å²) in [5.74, 6) is -0.307. The standard InChI is InChI=1S/C15H10FN3O4/c16-11-5-1-10(2-6-11)14-17-18-15(23-14)13(20)9-3-7-12(8-4-9)19(21)22/h1-8,13,20H. The zero-order chi connectivity index (χ0) is 16.4. The topological polar surface area (TPSA) is 102 Å². The van der Waals surface area contributed by atoms with Crippen molar-refractivity contribution in [2.45, 2.75) is 6.10 Å². The van der Waals surface area contributed by atoms with Crippen molar-refractivity contribution in [1.29, 1.82) is 0 Å². The lowest BCUT2D eigenvalue weighted by molar-refractivity contribution is -0.384. The van der Waals surface area contributed by atoms with E-state index >= 15 is 0 Å². The number of non-ortho nitro benzene ring substituents is 1. The predicted molar refractivity (Wildman–Crippen MR) is 76.9 cm³/mol. The van der Waals surface area contributed by atoms with Gasteiger partial charge >= 0.3 is 0 Å². The maximum atomic E-state index is 12.9. The molecule has 1 N–H and O–H groups in total. The van der Waals surface area contributed by atoms with E-state index in [1.165, 1.54) is 48.5 Å². The highest BCUT2D eigenvalue weighted by atomic mass is 19.1. The molecule has 0 radical (unpaired) electrons. The number of nitro benzene ring substituents is 1. The van der Waals surface area contributed by atoms with Crippen molar-refractivity contribution >= 4 is 5.69 Å². The summed E-state index contributed by atoms with van der Waals surface area (Å²) < 4.78 is 18.3. The van der Waals surface area contributed by atoms with Gasteiger partial charge in [0.25, 0.3) is 5.69 Å². The lowest BCUT2D eigenvalue weighted by atomic mass is 10.1. The van der Waals surface area contributed by atoms with E-state index in [0.717, 1.165) is 0 Å². The summed E-state index contributed by atoms with van der Waals surface area (Å²) in [6.45, 7) is 0. The molecule has 8 heteroatoms. The second-order valence-corrected chi connectivity index (χ2v) is 4.70. The van der Waals surface area contributed by atoms with Crippen LogP contribution in [0, 0.1) is 15.9 Å². The number of rotatable bonds is 4. The van der Waals surface area contributed by atoms with Crippen LogP contribution in [-0.4, -0.2) is 20.2 Å². The Balaban J connectivity index is 1.84. The summed E-state index contributed by atoms with van der Waals surface area (Å²) in [7, 11) is 0. The van der Waals surface area contributed by atoms with Gasteiger partial charge < -0.3 is 9.52 Å². The number of nitro groups is 1. The van der Waals surface area contributed by atoms with Gasteiger partial charge in [-0.3, -0.25) is 10.1 Å². The molecule has 3 aromatic rings. The number of aromatic nitrogens is 2. The molecule has 0 saturated heterocycles. The van der Waals surface area contributed by atoms with Crippen LogP contribution in [0.15, 0.2) is 52.9 Å². The zero-order valence-electron chi connectivity index (χ0n) is 11.6. The third kappa shape index (κ3) is 3.06. The Morgan fingerprint density at radius 3 is 2.35 bits per heavy atom. The number of benzene rings is 2. The van der Waals surface area contributed by atoms with E-state index in [0.29, 0.717) is 11.1 Å². The van der Waals surface area contributed by atoms with Crippen molar-refractivity contribution in [2.75, 3.05) is 0 Å². The van der Waals surface area contributed by atoms with E-state index in [1.54, 1.807) is 0 Å². The normalized spacial score (nSPS) is 12.1. The number of halogens is 1. The first kappa shape index (κ1) is 14.8. The molecule has 23 heavy (non-hydrogen) atoms. The van der Waals surface area contributed by atoms with Gasteiger partial charge in [0.1, 0.15) is 5.82 Å². The minimum absolute atomic E-state index is 0.0572. The Hall–Kier alpha value is -3.13. The molecule has 2 aromatic carbocycles. The summed E-state index contributed by atoms with van der Waals surface area (Å²) in [6.07, 6.45) is -1.21. The van der Waals surface area contributed by atoms with E-state index < -0.39 is 11.0 Å². The molecule has 3 rings (SSSR count). The van der Waals surface area contributed by atoms with Crippen molar-refractivity contribution in [3.05, 3.63) is 75.9 Å². The number of hydrogen-bond donors (Lipinski definition) is 1. The Morgan fingerprint density at radius 1 is 1.09 bits per heavy atom. The molecular formula is C15H10FN3O4. The highest BCUT2D eigenvalue weighted by Crippen LogP contribution is 2.26. The first-order valence-electron chi connectivity index (χ1n) is 6.56. The molecule has 1 atom stereocenters. The van der Waals surface area contributed by atoms with Crippen LogP contribution in [0.4, 0.5) is 10.1 Å². The fraction of sp³-hybridized carbons (Fsp3) is 0.0667. The molecule has 7 nitrogen and oxygen atoms in total. The molecule has 0 amide bonds. The van der Waals surface area contributed by atoms with Crippen LogP contribution >= 0.6 is 0 Å². The van der Waals surface area contributed by atoms with Gasteiger partial charge in [0, 0.05) is 17.7 Å². The minimum Gasteiger partial charge on any atom is -0.417 e. The lowest BCUT2D eigenvalue weighted by Gasteiger charge is -2.05. The highest BCUT2D eigenvalue weighted by molar-refractivity contribution is 5.52. The molecule has 0 spiro atoms. The molecule has 116 valence electrons. The van der Waals surface area contributed by atoms with Crippen LogP contribution in [0.3, 0.4) is 0 Å². The van der Waals surface area contributed by atoms with E-state index in [1.807, 2.05) is 0 Å². The van der Waals surface area contributed by atoms with E-state index in [9.17, 15) is 19.6 Å². The lowest BCUT2D eigenvalue weighted by Crippen LogP contribution is -2.00. The highest BCUT2D eigenvalue weighted by Gasteiger charge is 2.19. The molecule has 1 unspecified atom stereocenters. The van der Waals surface area contributed by atoms with E-state index in [4.69, 9.17) is 4.42 Å². The van der Waals surface area contributed by atoms with Gasteiger partial charge in [0.05, 0.1) is 4.92 Å². The molecule has 0 fully saturated rings. The maximum Gasteiger partial charge on any atom is 0.269 e. The van der Waals surface area contributed by atoms with Crippen LogP contribution in [0.1, 0.15) is 17.6 Å². The van der Waals surface area contributed by atoms with Crippen LogP contribution in [0.2, 0.25) is 0 Å². The first-order valence-corrected chi connectivity index (χ1v) is 6.56. The fourth-order valence-corrected chi connectivity index (χ4v) is 1.98. The van der Waals surface area contributed by atoms with E-state index in [-0.39, 0.29) is 23.3 Å². The third-order valence-corrected chi connectivity index (χ3v) is 3.19. The molecule has 0 aliphatic rings. The number of aliphatic hydroxyl groups excluding tert-OH is 1. The van der Waals surface area contributed by atoms with Crippen LogP contribution in [0.5, 0.6) is 0 Å². The number of hydrogen-bond acceptors (Lipinski definition) is 6. The fourth-order valence-electron chi connectivity index (χ4n) is 1.98. The molecule has 1 aromatic heterocycles. The quantitative estimate of drug-likeness (QED) is 0.586. The monoisotopic (exact) mass is 315 g/mol. The smallest absolute Gasteiger partial charge is 0.269 e. The second kappa shape index (κ2) is 5.93. The Morgan fingerprint density at radius 2 is 1.74 bits per heavy atom. The minimum atomic E-state index is -1.21. The molecule has 0 aliphatic carbocycles. The largest absolute Gasteiger partial charge is 0.417 e. The maximum absolute atomic E-state index is 12.9. The van der Waals surface area contributed by atoms with Gasteiger partial charge in [0.15, 0.2) is 6.10 Å². The molecular weight excluding hydrogens is 305 g/mol. The van der Waals surface area contributed by atoms with Crippen molar-refractivity contribution in [3.8, 4) is 11.5 Å². The number of aliphatic hydroxyl groups is 1. The summed E-state index contributed by atoms with van der Waals surface area (Å²) in [5, 5.41) is 28.4. The van der Waals surface area contributed by atoms with Gasteiger partial charge in [-0.1, -0.05) is 0 Å². The molecule has 1 heterocycles. The Kier molecular flexibility index (Phi) is 3.82. The SMILES string of the molecule is O=[N+]([O-])c1ccc(C(O)c2nnc(-c3ccc(F)cc3)o2)cc1.